The molecule has 0 aliphatic heterocycles. The Labute approximate surface area is 119 Å². The number of hydrogen-bond acceptors (Lipinski definition) is 2. The number of urea groups is 1. The molecule has 8 heteroatoms. The van der Waals surface area contributed by atoms with Gasteiger partial charge >= 0.3 is 18.2 Å². The maximum absolute atomic E-state index is 12.2. The molecule has 1 aromatic rings. The smallest absolute Gasteiger partial charge is 0.391 e. The molecule has 1 rings (SSSR count). The highest BCUT2D eigenvalue weighted by Crippen LogP contribution is 2.22. The van der Waals surface area contributed by atoms with Crippen LogP contribution in [-0.2, 0) is 0 Å². The summed E-state index contributed by atoms with van der Waals surface area (Å²) in [7, 11) is 1.29. The van der Waals surface area contributed by atoms with Gasteiger partial charge in [-0.2, -0.15) is 13.2 Å². The Hall–Kier alpha value is -2.25. The van der Waals surface area contributed by atoms with Gasteiger partial charge in [-0.15, -0.1) is 0 Å². The van der Waals surface area contributed by atoms with Gasteiger partial charge < -0.3 is 10.4 Å². The highest BCUT2D eigenvalue weighted by Gasteiger charge is 2.31. The van der Waals surface area contributed by atoms with Crippen LogP contribution < -0.4 is 10.2 Å². The van der Waals surface area contributed by atoms with Crippen LogP contribution in [0, 0.1) is 0 Å². The van der Waals surface area contributed by atoms with E-state index >= 15 is 0 Å². The number of carbonyl (C=O) groups excluding carboxylic acids is 1. The number of carboxylic acid groups (broad SMARTS) is 1. The number of alkyl halides is 3. The van der Waals surface area contributed by atoms with E-state index in [1.54, 1.807) is 0 Å². The first-order valence-corrected chi connectivity index (χ1v) is 6.05. The zero-order valence-corrected chi connectivity index (χ0v) is 11.4. The number of anilines is 1. The van der Waals surface area contributed by atoms with Gasteiger partial charge in [0.25, 0.3) is 0 Å². The number of nitrogens with one attached hydrogen (secondary N) is 1. The molecule has 0 aliphatic carbocycles. The summed E-state index contributed by atoms with van der Waals surface area (Å²) in [6.07, 6.45) is -5.54. The van der Waals surface area contributed by atoms with Crippen molar-refractivity contribution in [3.8, 4) is 0 Å². The third-order valence-electron chi connectivity index (χ3n) is 2.71. The van der Waals surface area contributed by atoms with Crippen LogP contribution >= 0.6 is 0 Å². The normalized spacial score (nSPS) is 12.6. The molecule has 0 radical (unpaired) electrons. The predicted octanol–water partition coefficient (Wildman–Crippen LogP) is 2.87. The molecule has 21 heavy (non-hydrogen) atoms. The first-order valence-electron chi connectivity index (χ1n) is 6.05. The average molecular weight is 304 g/mol. The maximum Gasteiger partial charge on any atom is 0.391 e. The average Bonchev–Trinajstić information content (AvgIpc) is 2.35. The fourth-order valence-corrected chi connectivity index (χ4v) is 1.76. The second kappa shape index (κ2) is 6.47. The summed E-state index contributed by atoms with van der Waals surface area (Å²) in [5.41, 5.74) is -0.0136. The van der Waals surface area contributed by atoms with Crippen LogP contribution in [0.2, 0.25) is 0 Å². The fraction of sp³-hybridized carbons (Fsp3) is 0.385. The molecular weight excluding hydrogens is 289 g/mol. The molecular formula is C13H15F3N2O3. The van der Waals surface area contributed by atoms with Crippen molar-refractivity contribution in [3.05, 3.63) is 29.8 Å². The van der Waals surface area contributed by atoms with E-state index in [0.717, 1.165) is 4.90 Å². The number of para-hydroxylation sites is 1. The van der Waals surface area contributed by atoms with Crippen molar-refractivity contribution in [1.29, 1.82) is 0 Å². The van der Waals surface area contributed by atoms with Gasteiger partial charge in [0.05, 0.1) is 17.7 Å². The lowest BCUT2D eigenvalue weighted by Crippen LogP contribution is -2.44. The lowest BCUT2D eigenvalue weighted by molar-refractivity contribution is -0.138. The fourth-order valence-electron chi connectivity index (χ4n) is 1.76. The second-order valence-electron chi connectivity index (χ2n) is 4.55. The highest BCUT2D eigenvalue weighted by atomic mass is 19.4. The van der Waals surface area contributed by atoms with Crippen LogP contribution in [-0.4, -0.2) is 36.4 Å². The van der Waals surface area contributed by atoms with Gasteiger partial charge in [-0.3, -0.25) is 4.90 Å². The van der Waals surface area contributed by atoms with E-state index in [2.05, 4.69) is 5.32 Å². The molecule has 0 heterocycles. The Morgan fingerprint density at radius 2 is 1.90 bits per heavy atom. The first kappa shape index (κ1) is 16.8. The zero-order chi connectivity index (χ0) is 16.2. The zero-order valence-electron chi connectivity index (χ0n) is 11.4. The van der Waals surface area contributed by atoms with Crippen LogP contribution in [0.4, 0.5) is 23.7 Å². The number of carboxylic acids is 1. The van der Waals surface area contributed by atoms with E-state index in [1.165, 1.54) is 38.2 Å². The number of halogens is 3. The first-order chi connectivity index (χ1) is 9.61. The monoisotopic (exact) mass is 304 g/mol. The van der Waals surface area contributed by atoms with Crippen LogP contribution in [0.1, 0.15) is 23.7 Å². The number of rotatable bonds is 4. The molecule has 0 spiro atoms. The standard InChI is InChI=1S/C13H15F3N2O3/c1-8(7-13(14,15)16)17-12(21)18(2)10-6-4-3-5-9(10)11(19)20/h3-6,8H,7H2,1-2H3,(H,17,21)(H,19,20). The van der Waals surface area contributed by atoms with Gasteiger partial charge in [-0.1, -0.05) is 12.1 Å². The van der Waals surface area contributed by atoms with Crippen molar-refractivity contribution in [3.63, 3.8) is 0 Å². The highest BCUT2D eigenvalue weighted by molar-refractivity contribution is 6.01. The van der Waals surface area contributed by atoms with E-state index in [4.69, 9.17) is 5.11 Å². The summed E-state index contributed by atoms with van der Waals surface area (Å²) in [6.45, 7) is 1.22. The molecule has 2 amide bonds. The molecule has 5 nitrogen and oxygen atoms in total. The molecule has 1 aromatic carbocycles. The summed E-state index contributed by atoms with van der Waals surface area (Å²) in [6, 6.07) is 3.81. The number of benzene rings is 1. The molecule has 0 aliphatic rings. The lowest BCUT2D eigenvalue weighted by atomic mass is 10.1. The minimum atomic E-state index is -4.38. The largest absolute Gasteiger partial charge is 0.478 e. The minimum Gasteiger partial charge on any atom is -0.478 e. The Balaban J connectivity index is 2.82. The van der Waals surface area contributed by atoms with Crippen molar-refractivity contribution in [2.24, 2.45) is 0 Å². The molecule has 0 saturated heterocycles. The maximum atomic E-state index is 12.2. The topological polar surface area (TPSA) is 69.6 Å². The number of nitrogens with zero attached hydrogens (tertiary/aromatic N) is 1. The summed E-state index contributed by atoms with van der Waals surface area (Å²) in [4.78, 5) is 23.9. The van der Waals surface area contributed by atoms with Gasteiger partial charge in [0, 0.05) is 13.1 Å². The third-order valence-corrected chi connectivity index (χ3v) is 2.71. The number of carbonyl (C=O) groups is 2. The molecule has 1 atom stereocenters. The van der Waals surface area contributed by atoms with Crippen molar-refractivity contribution in [2.75, 3.05) is 11.9 Å². The number of aromatic carboxylic acids is 1. The molecule has 0 fully saturated rings. The molecule has 116 valence electrons. The van der Waals surface area contributed by atoms with Gasteiger partial charge in [-0.25, -0.2) is 9.59 Å². The van der Waals surface area contributed by atoms with Gasteiger partial charge in [0.1, 0.15) is 0 Å². The van der Waals surface area contributed by atoms with E-state index < -0.39 is 30.6 Å². The summed E-state index contributed by atoms with van der Waals surface area (Å²) in [5.74, 6) is -1.23. The predicted molar refractivity (Wildman–Crippen MR) is 70.5 cm³/mol. The van der Waals surface area contributed by atoms with E-state index in [0.29, 0.717) is 0 Å². The van der Waals surface area contributed by atoms with Crippen molar-refractivity contribution >= 4 is 17.7 Å². The van der Waals surface area contributed by atoms with E-state index in [-0.39, 0.29) is 11.3 Å². The summed E-state index contributed by atoms with van der Waals surface area (Å²) < 4.78 is 36.6. The summed E-state index contributed by atoms with van der Waals surface area (Å²) >= 11 is 0. The SMILES string of the molecule is CC(CC(F)(F)F)NC(=O)N(C)c1ccccc1C(=O)O. The molecule has 1 unspecified atom stereocenters. The minimum absolute atomic E-state index is 0.0988. The third kappa shape index (κ3) is 4.97. The Kier molecular flexibility index (Phi) is 5.17. The molecule has 2 N–H and O–H groups in total. The van der Waals surface area contributed by atoms with Crippen LogP contribution in [0.25, 0.3) is 0 Å². The molecule has 0 bridgehead atoms. The molecule has 0 saturated carbocycles. The van der Waals surface area contributed by atoms with E-state index in [1.807, 2.05) is 0 Å². The van der Waals surface area contributed by atoms with Crippen molar-refractivity contribution in [2.45, 2.75) is 25.6 Å². The van der Waals surface area contributed by atoms with Crippen LogP contribution in [0.15, 0.2) is 24.3 Å². The van der Waals surface area contributed by atoms with Crippen LogP contribution in [0.3, 0.4) is 0 Å². The molecule has 0 aromatic heterocycles. The van der Waals surface area contributed by atoms with Crippen LogP contribution in [0.5, 0.6) is 0 Å². The van der Waals surface area contributed by atoms with Gasteiger partial charge in [0.15, 0.2) is 0 Å². The van der Waals surface area contributed by atoms with Crippen molar-refractivity contribution < 1.29 is 27.9 Å². The Bertz CT molecular complexity index is 532. The lowest BCUT2D eigenvalue weighted by Gasteiger charge is -2.23. The van der Waals surface area contributed by atoms with Gasteiger partial charge in [0.2, 0.25) is 0 Å². The number of hydrogen-bond donors (Lipinski definition) is 2. The number of amides is 2. The second-order valence-corrected chi connectivity index (χ2v) is 4.55. The van der Waals surface area contributed by atoms with Gasteiger partial charge in [-0.05, 0) is 19.1 Å². The Morgan fingerprint density at radius 1 is 1.33 bits per heavy atom. The summed E-state index contributed by atoms with van der Waals surface area (Å²) in [5, 5.41) is 11.2. The van der Waals surface area contributed by atoms with Crippen molar-refractivity contribution in [1.82, 2.24) is 5.32 Å². The Morgan fingerprint density at radius 3 is 2.43 bits per heavy atom. The van der Waals surface area contributed by atoms with E-state index in [9.17, 15) is 22.8 Å². The quantitative estimate of drug-likeness (QED) is 0.898.